The van der Waals surface area contributed by atoms with Crippen molar-refractivity contribution < 1.29 is 24.0 Å². The lowest BCUT2D eigenvalue weighted by atomic mass is 9.61. The van der Waals surface area contributed by atoms with Crippen LogP contribution in [-0.4, -0.2) is 47.1 Å². The van der Waals surface area contributed by atoms with Gasteiger partial charge in [-0.25, -0.2) is 9.69 Å². The summed E-state index contributed by atoms with van der Waals surface area (Å²) in [7, 11) is 1.44. The number of ketones is 1. The third kappa shape index (κ3) is 2.57. The number of benzene rings is 1. The highest BCUT2D eigenvalue weighted by atomic mass is 16.7. The molecule has 0 aliphatic carbocycles. The van der Waals surface area contributed by atoms with Crippen LogP contribution in [0.5, 0.6) is 0 Å². The summed E-state index contributed by atoms with van der Waals surface area (Å²) < 4.78 is 5.54. The fourth-order valence-electron chi connectivity index (χ4n) is 5.68. The van der Waals surface area contributed by atoms with Gasteiger partial charge in [0.05, 0.1) is 30.3 Å². The van der Waals surface area contributed by atoms with E-state index in [1.165, 1.54) is 12.2 Å². The maximum atomic E-state index is 14.2. The number of fused-ring (bicyclic) bond motifs is 5. The van der Waals surface area contributed by atoms with Gasteiger partial charge in [-0.3, -0.25) is 9.59 Å². The summed E-state index contributed by atoms with van der Waals surface area (Å²) in [5.41, 5.74) is -1.39. The Morgan fingerprint density at radius 1 is 1.29 bits per heavy atom. The zero-order valence-electron chi connectivity index (χ0n) is 18.7. The average Bonchev–Trinajstić information content (AvgIpc) is 3.02. The van der Waals surface area contributed by atoms with Crippen LogP contribution in [0.4, 0.5) is 10.5 Å². The standard InChI is InChI=1S/C23H27N3O5/c1-13-7-8-16-14(11-13)23(19(28)25(16)20(29)31-21(2,3)4)15(12-24)18-17(27)9-10-22(23,5)26(18)30-6/h7-8,11,15,18H,9-10H2,1-6H3/t15-,18+,22+,23-/m1/s1. The molecule has 164 valence electrons. The summed E-state index contributed by atoms with van der Waals surface area (Å²) in [5, 5.41) is 11.7. The summed E-state index contributed by atoms with van der Waals surface area (Å²) in [5.74, 6) is -1.69. The molecule has 1 aromatic rings. The molecule has 2 fully saturated rings. The van der Waals surface area contributed by atoms with Crippen molar-refractivity contribution in [3.8, 4) is 6.07 Å². The van der Waals surface area contributed by atoms with Gasteiger partial charge in [-0.15, -0.1) is 0 Å². The molecule has 4 rings (SSSR count). The molecule has 8 nitrogen and oxygen atoms in total. The molecule has 4 atom stereocenters. The molecule has 31 heavy (non-hydrogen) atoms. The SMILES string of the molecule is CON1[C@@H]2C(=O)CC[C@@]1(C)[C@@]1(C(=O)N(C(=O)OC(C)(C)C)c3ccc(C)cc31)[C@@H]2C#N. The summed E-state index contributed by atoms with van der Waals surface area (Å²) in [6, 6.07) is 6.72. The average molecular weight is 425 g/mol. The maximum absolute atomic E-state index is 14.2. The molecular weight excluding hydrogens is 398 g/mol. The van der Waals surface area contributed by atoms with Crippen molar-refractivity contribution in [2.75, 3.05) is 12.0 Å². The van der Waals surface area contributed by atoms with Gasteiger partial charge in [0.25, 0.3) is 5.91 Å². The Labute approximate surface area is 181 Å². The Hall–Kier alpha value is -2.76. The van der Waals surface area contributed by atoms with Crippen LogP contribution >= 0.6 is 0 Å². The van der Waals surface area contributed by atoms with Gasteiger partial charge in [0.15, 0.2) is 5.78 Å². The van der Waals surface area contributed by atoms with Crippen LogP contribution in [0.2, 0.25) is 0 Å². The molecule has 2 bridgehead atoms. The number of imide groups is 1. The predicted molar refractivity (Wildman–Crippen MR) is 111 cm³/mol. The molecular formula is C23H27N3O5. The molecule has 2 saturated heterocycles. The van der Waals surface area contributed by atoms with E-state index in [1.54, 1.807) is 26.8 Å². The number of carbonyl (C=O) groups excluding carboxylic acids is 3. The summed E-state index contributed by atoms with van der Waals surface area (Å²) in [6.45, 7) is 8.91. The van der Waals surface area contributed by atoms with Gasteiger partial charge in [-0.2, -0.15) is 10.3 Å². The zero-order valence-corrected chi connectivity index (χ0v) is 18.7. The minimum Gasteiger partial charge on any atom is -0.443 e. The van der Waals surface area contributed by atoms with Crippen molar-refractivity contribution >= 4 is 23.5 Å². The van der Waals surface area contributed by atoms with Gasteiger partial charge in [0, 0.05) is 6.42 Å². The molecule has 8 heteroatoms. The Bertz CT molecular complexity index is 1040. The second-order valence-corrected chi connectivity index (χ2v) is 9.75. The van der Waals surface area contributed by atoms with Crippen LogP contribution < -0.4 is 4.90 Å². The number of carbonyl (C=O) groups is 3. The fourth-order valence-corrected chi connectivity index (χ4v) is 5.68. The molecule has 2 amide bonds. The number of piperidine rings is 1. The first-order chi connectivity index (χ1) is 14.4. The monoisotopic (exact) mass is 425 g/mol. The quantitative estimate of drug-likeness (QED) is 0.682. The molecule has 1 aromatic carbocycles. The van der Waals surface area contributed by atoms with E-state index in [1.807, 2.05) is 26.0 Å². The second-order valence-electron chi connectivity index (χ2n) is 9.75. The van der Waals surface area contributed by atoms with Gasteiger partial charge < -0.3 is 9.57 Å². The van der Waals surface area contributed by atoms with Crippen molar-refractivity contribution in [1.29, 1.82) is 5.26 Å². The van der Waals surface area contributed by atoms with Crippen molar-refractivity contribution in [2.45, 2.75) is 70.1 Å². The summed E-state index contributed by atoms with van der Waals surface area (Å²) >= 11 is 0. The van der Waals surface area contributed by atoms with E-state index in [4.69, 9.17) is 9.57 Å². The fraction of sp³-hybridized carbons (Fsp3) is 0.565. The van der Waals surface area contributed by atoms with Crippen LogP contribution in [-0.2, 0) is 24.6 Å². The number of nitrogens with zero attached hydrogens (tertiary/aromatic N) is 3. The topological polar surface area (TPSA) is 99.9 Å². The number of anilines is 1. The first-order valence-corrected chi connectivity index (χ1v) is 10.4. The lowest BCUT2D eigenvalue weighted by molar-refractivity contribution is -0.219. The Kier molecular flexibility index (Phi) is 4.58. The Morgan fingerprint density at radius 2 is 1.97 bits per heavy atom. The van der Waals surface area contributed by atoms with E-state index in [0.717, 1.165) is 10.5 Å². The van der Waals surface area contributed by atoms with Gasteiger partial charge in [-0.1, -0.05) is 17.7 Å². The minimum atomic E-state index is -1.44. The van der Waals surface area contributed by atoms with E-state index in [-0.39, 0.29) is 12.2 Å². The van der Waals surface area contributed by atoms with Crippen LogP contribution in [0.15, 0.2) is 18.2 Å². The van der Waals surface area contributed by atoms with Crippen molar-refractivity contribution in [3.05, 3.63) is 29.3 Å². The van der Waals surface area contributed by atoms with Gasteiger partial charge >= 0.3 is 6.09 Å². The molecule has 0 unspecified atom stereocenters. The van der Waals surface area contributed by atoms with E-state index in [9.17, 15) is 19.6 Å². The smallest absolute Gasteiger partial charge is 0.421 e. The summed E-state index contributed by atoms with van der Waals surface area (Å²) in [6.07, 6.45) is -0.228. The van der Waals surface area contributed by atoms with Gasteiger partial charge in [0.2, 0.25) is 0 Å². The molecule has 3 aliphatic heterocycles. The first-order valence-electron chi connectivity index (χ1n) is 10.4. The molecule has 0 radical (unpaired) electrons. The van der Waals surface area contributed by atoms with Gasteiger partial charge in [-0.05, 0) is 52.7 Å². The number of hydroxylamine groups is 2. The number of nitriles is 1. The van der Waals surface area contributed by atoms with Gasteiger partial charge in [0.1, 0.15) is 17.1 Å². The minimum absolute atomic E-state index is 0.138. The molecule has 1 spiro atoms. The number of ether oxygens (including phenoxy) is 1. The van der Waals surface area contributed by atoms with E-state index in [0.29, 0.717) is 17.7 Å². The molecule has 0 N–H and O–H groups in total. The van der Waals surface area contributed by atoms with E-state index >= 15 is 0 Å². The number of hydrogen-bond donors (Lipinski definition) is 0. The van der Waals surface area contributed by atoms with Crippen LogP contribution in [0, 0.1) is 24.2 Å². The Morgan fingerprint density at radius 3 is 2.55 bits per heavy atom. The number of rotatable bonds is 1. The zero-order chi connectivity index (χ0) is 22.9. The number of hydrogen-bond acceptors (Lipinski definition) is 7. The maximum Gasteiger partial charge on any atom is 0.421 e. The molecule has 0 aromatic heterocycles. The lowest BCUT2D eigenvalue weighted by Gasteiger charge is -2.45. The van der Waals surface area contributed by atoms with Crippen molar-refractivity contribution in [2.24, 2.45) is 5.92 Å². The van der Waals surface area contributed by atoms with Crippen LogP contribution in [0.3, 0.4) is 0 Å². The number of Topliss-reactive ketones (excluding diaryl/α,β-unsaturated/α-hetero) is 1. The Balaban J connectivity index is 2.01. The van der Waals surface area contributed by atoms with Crippen molar-refractivity contribution in [1.82, 2.24) is 5.06 Å². The largest absolute Gasteiger partial charge is 0.443 e. The molecule has 3 aliphatic rings. The third-order valence-electron chi connectivity index (χ3n) is 6.83. The molecule has 3 heterocycles. The third-order valence-corrected chi connectivity index (χ3v) is 6.83. The second kappa shape index (κ2) is 6.62. The summed E-state index contributed by atoms with van der Waals surface area (Å²) in [4.78, 5) is 46.9. The predicted octanol–water partition coefficient (Wildman–Crippen LogP) is 3.02. The van der Waals surface area contributed by atoms with Crippen LogP contribution in [0.1, 0.15) is 51.7 Å². The highest BCUT2D eigenvalue weighted by molar-refractivity contribution is 6.23. The number of amides is 2. The van der Waals surface area contributed by atoms with E-state index in [2.05, 4.69) is 6.07 Å². The highest BCUT2D eigenvalue weighted by Crippen LogP contribution is 2.63. The molecule has 0 saturated carbocycles. The first kappa shape index (κ1) is 21.5. The normalized spacial score (nSPS) is 32.4. The van der Waals surface area contributed by atoms with Crippen LogP contribution in [0.25, 0.3) is 0 Å². The number of aryl methyl sites for hydroxylation is 1. The van der Waals surface area contributed by atoms with E-state index < -0.39 is 40.5 Å². The van der Waals surface area contributed by atoms with Crippen molar-refractivity contribution in [3.63, 3.8) is 0 Å². The lowest BCUT2D eigenvalue weighted by Crippen LogP contribution is -2.61. The highest BCUT2D eigenvalue weighted by Gasteiger charge is 2.78.